The van der Waals surface area contributed by atoms with Crippen LogP contribution in [0.1, 0.15) is 45.4 Å². The number of carboxylic acid groups (broad SMARTS) is 1. The Morgan fingerprint density at radius 1 is 1.24 bits per heavy atom. The Kier molecular flexibility index (Phi) is 7.14. The molecule has 0 aromatic carbocycles. The Morgan fingerprint density at radius 3 is 2.29 bits per heavy atom. The summed E-state index contributed by atoms with van der Waals surface area (Å²) >= 11 is 0. The second-order valence-electron chi connectivity index (χ2n) is 5.97. The van der Waals surface area contributed by atoms with Crippen molar-refractivity contribution < 1.29 is 18.9 Å². The molecule has 0 saturated heterocycles. The van der Waals surface area contributed by atoms with Crippen molar-refractivity contribution in [1.29, 1.82) is 0 Å². The summed E-state index contributed by atoms with van der Waals surface area (Å²) < 4.78 is 11.1. The first-order chi connectivity index (χ1) is 9.85. The minimum absolute atomic E-state index is 0.149. The molecule has 0 radical (unpaired) electrons. The highest BCUT2D eigenvalue weighted by molar-refractivity contribution is 7.84. The van der Waals surface area contributed by atoms with Crippen molar-refractivity contribution in [3.63, 3.8) is 0 Å². The van der Waals surface area contributed by atoms with E-state index in [9.17, 15) is 18.9 Å². The van der Waals surface area contributed by atoms with Gasteiger partial charge in [-0.3, -0.25) is 9.00 Å². The highest BCUT2D eigenvalue weighted by Crippen LogP contribution is 2.34. The lowest BCUT2D eigenvalue weighted by atomic mass is 9.80. The van der Waals surface area contributed by atoms with E-state index < -0.39 is 28.2 Å². The zero-order chi connectivity index (χ0) is 15.9. The normalized spacial score (nSPS) is 20.9. The number of carbonyl (C=O) groups is 2. The van der Waals surface area contributed by atoms with Gasteiger partial charge in [-0.05, 0) is 19.8 Å². The molecule has 0 aliphatic heterocycles. The van der Waals surface area contributed by atoms with Crippen LogP contribution in [0.15, 0.2) is 0 Å². The molecule has 0 bridgehead atoms. The van der Waals surface area contributed by atoms with Crippen LogP contribution >= 0.6 is 0 Å². The molecule has 0 aromatic rings. The molecule has 1 saturated carbocycles. The standard InChI is InChI=1S/C14H26N2O4S/c1-11(9-21(2)20)16-13(19)15-10-14(12(17)18)7-5-3-4-6-8-14/h11H,3-10H2,1-2H3,(H,17,18)(H2,15,16,19). The average molecular weight is 318 g/mol. The number of hydrogen-bond acceptors (Lipinski definition) is 3. The fourth-order valence-electron chi connectivity index (χ4n) is 2.79. The molecule has 1 aliphatic carbocycles. The Labute approximate surface area is 128 Å². The Morgan fingerprint density at radius 2 is 1.81 bits per heavy atom. The lowest BCUT2D eigenvalue weighted by Gasteiger charge is -2.28. The summed E-state index contributed by atoms with van der Waals surface area (Å²) in [6.07, 6.45) is 6.69. The fraction of sp³-hybridized carbons (Fsp3) is 0.857. The van der Waals surface area contributed by atoms with Gasteiger partial charge in [0, 0.05) is 35.4 Å². The van der Waals surface area contributed by atoms with E-state index in [0.717, 1.165) is 25.7 Å². The molecule has 2 atom stereocenters. The van der Waals surface area contributed by atoms with Crippen LogP contribution in [-0.2, 0) is 15.6 Å². The van der Waals surface area contributed by atoms with Gasteiger partial charge in [-0.1, -0.05) is 25.7 Å². The molecule has 0 spiro atoms. The summed E-state index contributed by atoms with van der Waals surface area (Å²) in [6.45, 7) is 1.93. The molecule has 2 unspecified atom stereocenters. The van der Waals surface area contributed by atoms with Crippen LogP contribution in [0.5, 0.6) is 0 Å². The van der Waals surface area contributed by atoms with Gasteiger partial charge in [-0.15, -0.1) is 0 Å². The van der Waals surface area contributed by atoms with Gasteiger partial charge in [-0.2, -0.15) is 0 Å². The van der Waals surface area contributed by atoms with Gasteiger partial charge in [-0.25, -0.2) is 4.79 Å². The van der Waals surface area contributed by atoms with Crippen LogP contribution in [0.2, 0.25) is 0 Å². The van der Waals surface area contributed by atoms with Crippen molar-refractivity contribution in [1.82, 2.24) is 10.6 Å². The van der Waals surface area contributed by atoms with Crippen molar-refractivity contribution in [3.8, 4) is 0 Å². The number of aliphatic carboxylic acids is 1. The topological polar surface area (TPSA) is 95.5 Å². The predicted octanol–water partition coefficient (Wildman–Crippen LogP) is 1.48. The monoisotopic (exact) mass is 318 g/mol. The summed E-state index contributed by atoms with van der Waals surface area (Å²) in [6, 6.07) is -0.594. The number of amides is 2. The smallest absolute Gasteiger partial charge is 0.315 e. The van der Waals surface area contributed by atoms with E-state index in [2.05, 4.69) is 10.6 Å². The molecular weight excluding hydrogens is 292 g/mol. The van der Waals surface area contributed by atoms with E-state index in [1.54, 1.807) is 13.2 Å². The quantitative estimate of drug-likeness (QED) is 0.646. The number of rotatable bonds is 6. The zero-order valence-electron chi connectivity index (χ0n) is 12.8. The van der Waals surface area contributed by atoms with Crippen LogP contribution < -0.4 is 10.6 Å². The van der Waals surface area contributed by atoms with Crippen LogP contribution in [0.3, 0.4) is 0 Å². The van der Waals surface area contributed by atoms with Gasteiger partial charge in [0.25, 0.3) is 0 Å². The molecule has 0 heterocycles. The van der Waals surface area contributed by atoms with Gasteiger partial charge in [0.2, 0.25) is 0 Å². The number of urea groups is 1. The number of nitrogens with one attached hydrogen (secondary N) is 2. The van der Waals surface area contributed by atoms with Gasteiger partial charge in [0.15, 0.2) is 0 Å². The van der Waals surface area contributed by atoms with E-state index in [4.69, 9.17) is 0 Å². The lowest BCUT2D eigenvalue weighted by molar-refractivity contribution is -0.149. The molecule has 2 amide bonds. The third kappa shape index (κ3) is 6.03. The first-order valence-electron chi connectivity index (χ1n) is 7.43. The molecule has 122 valence electrons. The van der Waals surface area contributed by atoms with Gasteiger partial charge < -0.3 is 15.7 Å². The van der Waals surface area contributed by atoms with Gasteiger partial charge in [0.05, 0.1) is 5.41 Å². The molecule has 0 aromatic heterocycles. The maximum atomic E-state index is 11.8. The van der Waals surface area contributed by atoms with Crippen molar-refractivity contribution in [2.75, 3.05) is 18.6 Å². The molecular formula is C14H26N2O4S. The Balaban J connectivity index is 2.51. The fourth-order valence-corrected chi connectivity index (χ4v) is 3.58. The highest BCUT2D eigenvalue weighted by atomic mass is 32.2. The minimum atomic E-state index is -0.975. The van der Waals surface area contributed by atoms with E-state index in [1.807, 2.05) is 0 Å². The number of carboxylic acids is 1. The average Bonchev–Trinajstić information content (AvgIpc) is 2.61. The van der Waals surface area contributed by atoms with E-state index >= 15 is 0 Å². The maximum absolute atomic E-state index is 11.8. The zero-order valence-corrected chi connectivity index (χ0v) is 13.6. The maximum Gasteiger partial charge on any atom is 0.315 e. The number of carbonyl (C=O) groups excluding carboxylic acids is 1. The number of hydrogen-bond donors (Lipinski definition) is 3. The molecule has 1 fully saturated rings. The largest absolute Gasteiger partial charge is 0.481 e. The van der Waals surface area contributed by atoms with E-state index in [0.29, 0.717) is 18.6 Å². The van der Waals surface area contributed by atoms with E-state index in [1.165, 1.54) is 0 Å². The van der Waals surface area contributed by atoms with Crippen molar-refractivity contribution in [3.05, 3.63) is 0 Å². The second kappa shape index (κ2) is 8.36. The summed E-state index contributed by atoms with van der Waals surface area (Å²) in [7, 11) is -0.975. The third-order valence-electron chi connectivity index (χ3n) is 3.96. The summed E-state index contributed by atoms with van der Waals surface area (Å²) in [5.41, 5.74) is -0.843. The molecule has 1 rings (SSSR count). The van der Waals surface area contributed by atoms with Crippen LogP contribution in [0.25, 0.3) is 0 Å². The van der Waals surface area contributed by atoms with Crippen LogP contribution in [0, 0.1) is 5.41 Å². The third-order valence-corrected chi connectivity index (χ3v) is 4.93. The van der Waals surface area contributed by atoms with Gasteiger partial charge >= 0.3 is 12.0 Å². The highest BCUT2D eigenvalue weighted by Gasteiger charge is 2.38. The molecule has 6 nitrogen and oxygen atoms in total. The minimum Gasteiger partial charge on any atom is -0.481 e. The molecule has 3 N–H and O–H groups in total. The first kappa shape index (κ1) is 17.9. The van der Waals surface area contributed by atoms with Gasteiger partial charge in [0.1, 0.15) is 0 Å². The van der Waals surface area contributed by atoms with Crippen molar-refractivity contribution in [2.45, 2.75) is 51.5 Å². The van der Waals surface area contributed by atoms with E-state index in [-0.39, 0.29) is 12.6 Å². The first-order valence-corrected chi connectivity index (χ1v) is 9.16. The molecule has 7 heteroatoms. The van der Waals surface area contributed by atoms with Crippen LogP contribution in [0.4, 0.5) is 4.79 Å². The predicted molar refractivity (Wildman–Crippen MR) is 82.7 cm³/mol. The molecule has 1 aliphatic rings. The molecule has 21 heavy (non-hydrogen) atoms. The van der Waals surface area contributed by atoms with Crippen molar-refractivity contribution in [2.24, 2.45) is 5.41 Å². The second-order valence-corrected chi connectivity index (χ2v) is 7.45. The Bertz CT molecular complexity index is 392. The lowest BCUT2D eigenvalue weighted by Crippen LogP contribution is -2.48. The van der Waals surface area contributed by atoms with Crippen LogP contribution in [-0.4, -0.2) is 45.9 Å². The summed E-state index contributed by atoms with van der Waals surface area (Å²) in [5.74, 6) is -0.440. The summed E-state index contributed by atoms with van der Waals surface area (Å²) in [5, 5.41) is 14.9. The summed E-state index contributed by atoms with van der Waals surface area (Å²) in [4.78, 5) is 23.4. The van der Waals surface area contributed by atoms with Crippen molar-refractivity contribution >= 4 is 22.8 Å². The Hall–Kier alpha value is -1.11. The SMILES string of the molecule is CC(CS(C)=O)NC(=O)NCC1(C(=O)O)CCCCCC1.